The van der Waals surface area contributed by atoms with Gasteiger partial charge in [0, 0.05) is 33.1 Å². The van der Waals surface area contributed by atoms with Crippen LogP contribution in [0.2, 0.25) is 5.28 Å². The first-order chi connectivity index (χ1) is 11.8. The number of anilines is 1. The van der Waals surface area contributed by atoms with Crippen LogP contribution < -0.4 is 16.6 Å². The van der Waals surface area contributed by atoms with Crippen LogP contribution in [0, 0.1) is 6.92 Å². The zero-order valence-corrected chi connectivity index (χ0v) is 14.5. The van der Waals surface area contributed by atoms with Crippen molar-refractivity contribution in [1.82, 2.24) is 23.8 Å². The lowest BCUT2D eigenvalue weighted by molar-refractivity contribution is -0.116. The Hall–Kier alpha value is -2.88. The fraction of sp³-hybridized carbons (Fsp3) is 0.357. The van der Waals surface area contributed by atoms with Crippen LogP contribution in [-0.2, 0) is 25.4 Å². The van der Waals surface area contributed by atoms with Crippen LogP contribution in [0.5, 0.6) is 0 Å². The first-order valence-corrected chi connectivity index (χ1v) is 7.72. The molecule has 0 unspecified atom stereocenters. The van der Waals surface area contributed by atoms with E-state index in [2.05, 4.69) is 15.5 Å². The van der Waals surface area contributed by atoms with Crippen LogP contribution in [-0.4, -0.2) is 29.7 Å². The Balaban J connectivity index is 1.89. The maximum atomic E-state index is 12.4. The Morgan fingerprint density at radius 1 is 1.32 bits per heavy atom. The standard InChI is InChI=1S/C14H15ClN6O4/c1-7-6-8(18-25-7)16-9(22)4-5-21-10-11(17-13(21)15)19(2)14(24)20(3)12(10)23/h6H,4-5H2,1-3H3,(H,16,18,22). The molecule has 0 aromatic carbocycles. The van der Waals surface area contributed by atoms with Crippen molar-refractivity contribution in [2.75, 3.05) is 5.32 Å². The maximum absolute atomic E-state index is 12.4. The van der Waals surface area contributed by atoms with E-state index in [4.69, 9.17) is 16.1 Å². The molecule has 3 aromatic heterocycles. The Bertz CT molecular complexity index is 1090. The lowest BCUT2D eigenvalue weighted by Gasteiger charge is -2.07. The van der Waals surface area contributed by atoms with Crippen molar-refractivity contribution in [3.8, 4) is 0 Å². The number of hydrogen-bond donors (Lipinski definition) is 1. The molecule has 0 spiro atoms. The van der Waals surface area contributed by atoms with Crippen LogP contribution >= 0.6 is 11.6 Å². The minimum Gasteiger partial charge on any atom is -0.360 e. The number of aryl methyl sites for hydroxylation is 3. The van der Waals surface area contributed by atoms with Crippen LogP contribution in [0.4, 0.5) is 5.82 Å². The Morgan fingerprint density at radius 3 is 2.68 bits per heavy atom. The molecule has 0 saturated heterocycles. The van der Waals surface area contributed by atoms with Gasteiger partial charge in [-0.2, -0.15) is 4.98 Å². The van der Waals surface area contributed by atoms with Gasteiger partial charge in [0.1, 0.15) is 5.76 Å². The number of imidazole rings is 1. The molecule has 0 aliphatic carbocycles. The molecule has 1 amide bonds. The van der Waals surface area contributed by atoms with Gasteiger partial charge < -0.3 is 14.4 Å². The van der Waals surface area contributed by atoms with E-state index >= 15 is 0 Å². The summed E-state index contributed by atoms with van der Waals surface area (Å²) in [5, 5.41) is 6.28. The second kappa shape index (κ2) is 6.20. The summed E-state index contributed by atoms with van der Waals surface area (Å²) in [6.07, 6.45) is 0.0308. The maximum Gasteiger partial charge on any atom is 0.332 e. The first kappa shape index (κ1) is 17.0. The fourth-order valence-electron chi connectivity index (χ4n) is 2.47. The van der Waals surface area contributed by atoms with E-state index in [0.717, 1.165) is 4.57 Å². The number of hydrogen-bond acceptors (Lipinski definition) is 6. The Morgan fingerprint density at radius 2 is 2.04 bits per heavy atom. The average molecular weight is 367 g/mol. The highest BCUT2D eigenvalue weighted by atomic mass is 35.5. The Labute approximate surface area is 145 Å². The minimum atomic E-state index is -0.523. The monoisotopic (exact) mass is 366 g/mol. The number of amides is 1. The normalized spacial score (nSPS) is 11.2. The number of aromatic nitrogens is 5. The summed E-state index contributed by atoms with van der Waals surface area (Å²) in [6.45, 7) is 1.82. The van der Waals surface area contributed by atoms with E-state index in [9.17, 15) is 14.4 Å². The van der Waals surface area contributed by atoms with Gasteiger partial charge in [-0.05, 0) is 18.5 Å². The minimum absolute atomic E-state index is 0.0263. The van der Waals surface area contributed by atoms with Gasteiger partial charge in [0.25, 0.3) is 5.56 Å². The highest BCUT2D eigenvalue weighted by Gasteiger charge is 2.18. The smallest absolute Gasteiger partial charge is 0.332 e. The first-order valence-electron chi connectivity index (χ1n) is 7.34. The number of nitrogens with one attached hydrogen (secondary N) is 1. The van der Waals surface area contributed by atoms with Crippen molar-refractivity contribution in [1.29, 1.82) is 0 Å². The molecular weight excluding hydrogens is 352 g/mol. The summed E-state index contributed by atoms with van der Waals surface area (Å²) in [5.74, 6) is 0.554. The van der Waals surface area contributed by atoms with Crippen molar-refractivity contribution in [2.45, 2.75) is 19.9 Å². The number of rotatable bonds is 4. The average Bonchev–Trinajstić information content (AvgIpc) is 3.12. The number of halogens is 1. The van der Waals surface area contributed by atoms with E-state index in [1.165, 1.54) is 23.2 Å². The highest BCUT2D eigenvalue weighted by molar-refractivity contribution is 6.29. The van der Waals surface area contributed by atoms with Crippen molar-refractivity contribution >= 4 is 34.5 Å². The third kappa shape index (κ3) is 2.95. The second-order valence-corrected chi connectivity index (χ2v) is 5.87. The molecule has 11 heteroatoms. The number of fused-ring (bicyclic) bond motifs is 1. The van der Waals surface area contributed by atoms with Crippen molar-refractivity contribution in [3.05, 3.63) is 37.9 Å². The lowest BCUT2D eigenvalue weighted by atomic mass is 10.3. The molecule has 0 bridgehead atoms. The number of carbonyl (C=O) groups is 1. The summed E-state index contributed by atoms with van der Waals surface area (Å²) >= 11 is 6.09. The van der Waals surface area contributed by atoms with Gasteiger partial charge in [0.15, 0.2) is 17.0 Å². The third-order valence-corrected chi connectivity index (χ3v) is 4.05. The molecule has 0 fully saturated rings. The van der Waals surface area contributed by atoms with Gasteiger partial charge in [-0.25, -0.2) is 4.79 Å². The molecule has 0 radical (unpaired) electrons. The molecule has 3 heterocycles. The van der Waals surface area contributed by atoms with Crippen LogP contribution in [0.15, 0.2) is 20.2 Å². The SMILES string of the molecule is Cc1cc(NC(=O)CCn2c(Cl)nc3c2c(=O)n(C)c(=O)n3C)no1. The van der Waals surface area contributed by atoms with E-state index in [-0.39, 0.29) is 35.3 Å². The fourth-order valence-corrected chi connectivity index (χ4v) is 2.72. The van der Waals surface area contributed by atoms with Crippen LogP contribution in [0.25, 0.3) is 11.2 Å². The summed E-state index contributed by atoms with van der Waals surface area (Å²) in [7, 11) is 2.87. The molecule has 10 nitrogen and oxygen atoms in total. The molecule has 25 heavy (non-hydrogen) atoms. The predicted molar refractivity (Wildman–Crippen MR) is 89.7 cm³/mol. The van der Waals surface area contributed by atoms with Gasteiger partial charge >= 0.3 is 5.69 Å². The van der Waals surface area contributed by atoms with Crippen molar-refractivity contribution < 1.29 is 9.32 Å². The van der Waals surface area contributed by atoms with E-state index in [0.29, 0.717) is 11.6 Å². The molecule has 0 aliphatic heterocycles. The summed E-state index contributed by atoms with van der Waals surface area (Å²) in [6, 6.07) is 1.59. The zero-order chi connectivity index (χ0) is 18.3. The van der Waals surface area contributed by atoms with Crippen LogP contribution in [0.1, 0.15) is 12.2 Å². The van der Waals surface area contributed by atoms with Gasteiger partial charge in [-0.15, -0.1) is 0 Å². The Kier molecular flexibility index (Phi) is 4.21. The van der Waals surface area contributed by atoms with Crippen LogP contribution in [0.3, 0.4) is 0 Å². The summed E-state index contributed by atoms with van der Waals surface area (Å²) in [5.41, 5.74) is -0.687. The largest absolute Gasteiger partial charge is 0.360 e. The lowest BCUT2D eigenvalue weighted by Crippen LogP contribution is -2.37. The summed E-state index contributed by atoms with van der Waals surface area (Å²) < 4.78 is 8.48. The van der Waals surface area contributed by atoms with E-state index < -0.39 is 11.2 Å². The second-order valence-electron chi connectivity index (χ2n) is 5.53. The molecule has 132 valence electrons. The number of nitrogens with zero attached hydrogens (tertiary/aromatic N) is 5. The van der Waals surface area contributed by atoms with Gasteiger partial charge in [0.2, 0.25) is 11.2 Å². The van der Waals surface area contributed by atoms with Gasteiger partial charge in [-0.1, -0.05) is 5.16 Å². The molecule has 0 aliphatic rings. The molecule has 3 aromatic rings. The molecule has 3 rings (SSSR count). The molecule has 0 saturated carbocycles. The highest BCUT2D eigenvalue weighted by Crippen LogP contribution is 2.16. The molecule has 0 atom stereocenters. The van der Waals surface area contributed by atoms with Crippen molar-refractivity contribution in [2.24, 2.45) is 14.1 Å². The topological polar surface area (TPSA) is 117 Å². The van der Waals surface area contributed by atoms with Gasteiger partial charge in [-0.3, -0.25) is 18.7 Å². The third-order valence-electron chi connectivity index (χ3n) is 3.76. The van der Waals surface area contributed by atoms with E-state index in [1.54, 1.807) is 13.0 Å². The molecule has 1 N–H and O–H groups in total. The number of carbonyl (C=O) groups excluding carboxylic acids is 1. The van der Waals surface area contributed by atoms with E-state index in [1.807, 2.05) is 0 Å². The van der Waals surface area contributed by atoms with Crippen molar-refractivity contribution in [3.63, 3.8) is 0 Å². The quantitative estimate of drug-likeness (QED) is 0.668. The molecular formula is C14H15ClN6O4. The summed E-state index contributed by atoms with van der Waals surface area (Å²) in [4.78, 5) is 40.4. The predicted octanol–water partition coefficient (Wildman–Crippen LogP) is 0.412. The zero-order valence-electron chi connectivity index (χ0n) is 13.7. The van der Waals surface area contributed by atoms with Gasteiger partial charge in [0.05, 0.1) is 0 Å².